The van der Waals surface area contributed by atoms with E-state index in [1.807, 2.05) is 12.1 Å². The van der Waals surface area contributed by atoms with E-state index >= 15 is 0 Å². The first-order valence-electron chi connectivity index (χ1n) is 6.95. The third kappa shape index (κ3) is 1.90. The van der Waals surface area contributed by atoms with Crippen LogP contribution in [0.4, 0.5) is 0 Å². The lowest BCUT2D eigenvalue weighted by molar-refractivity contribution is 0.0945. The Kier molecular flexibility index (Phi) is 3.12. The van der Waals surface area contributed by atoms with Crippen LogP contribution in [0, 0.1) is 16.7 Å². The highest BCUT2D eigenvalue weighted by atomic mass is 16.1. The third-order valence-corrected chi connectivity index (χ3v) is 5.06. The summed E-state index contributed by atoms with van der Waals surface area (Å²) in [5, 5.41) is 0. The predicted molar refractivity (Wildman–Crippen MR) is 75.8 cm³/mol. The van der Waals surface area contributed by atoms with Crippen molar-refractivity contribution in [3.05, 3.63) is 35.4 Å². The minimum absolute atomic E-state index is 0.131. The van der Waals surface area contributed by atoms with Crippen molar-refractivity contribution in [2.75, 3.05) is 0 Å². The molecule has 0 aromatic heterocycles. The summed E-state index contributed by atoms with van der Waals surface area (Å²) in [5.41, 5.74) is 2.46. The number of carbonyl (C=O) groups excluding carboxylic acids is 1. The van der Waals surface area contributed by atoms with Crippen LogP contribution in [0.1, 0.15) is 57.0 Å². The Hall–Kier alpha value is -1.11. The molecule has 1 nitrogen and oxygen atoms in total. The molecule has 1 saturated carbocycles. The molecule has 0 N–H and O–H groups in total. The maximum absolute atomic E-state index is 12.5. The molecule has 0 amide bonds. The first-order valence-corrected chi connectivity index (χ1v) is 6.95. The molecule has 1 aromatic carbocycles. The van der Waals surface area contributed by atoms with E-state index in [9.17, 15) is 4.79 Å². The first-order chi connectivity index (χ1) is 8.32. The lowest BCUT2D eigenvalue weighted by Gasteiger charge is -2.04. The van der Waals surface area contributed by atoms with Crippen molar-refractivity contribution < 1.29 is 4.79 Å². The monoisotopic (exact) mass is 244 g/mol. The van der Waals surface area contributed by atoms with Crippen LogP contribution in [-0.4, -0.2) is 5.78 Å². The van der Waals surface area contributed by atoms with E-state index in [0.717, 1.165) is 18.4 Å². The minimum Gasteiger partial charge on any atom is -0.294 e. The van der Waals surface area contributed by atoms with Crippen LogP contribution in [0.2, 0.25) is 0 Å². The second-order valence-electron chi connectivity index (χ2n) is 6.69. The van der Waals surface area contributed by atoms with Crippen LogP contribution < -0.4 is 0 Å². The molecule has 0 bridgehead atoms. The Balaban J connectivity index is 2.16. The number of hydrogen-bond donors (Lipinski definition) is 0. The van der Waals surface area contributed by atoms with Crippen LogP contribution in [0.5, 0.6) is 0 Å². The van der Waals surface area contributed by atoms with Crippen LogP contribution in [0.3, 0.4) is 0 Å². The number of hydrogen-bond acceptors (Lipinski definition) is 1. The normalized spacial score (nSPS) is 20.7. The molecule has 98 valence electrons. The molecule has 0 atom stereocenters. The molecule has 1 aliphatic carbocycles. The zero-order valence-electron chi connectivity index (χ0n) is 12.2. The lowest BCUT2D eigenvalue weighted by atomic mass is 9.99. The zero-order valence-corrected chi connectivity index (χ0v) is 12.2. The number of rotatable bonds is 4. The summed E-state index contributed by atoms with van der Waals surface area (Å²) in [4.78, 5) is 12.5. The van der Waals surface area contributed by atoms with Crippen molar-refractivity contribution >= 4 is 5.78 Å². The second kappa shape index (κ2) is 4.22. The van der Waals surface area contributed by atoms with E-state index in [0.29, 0.717) is 5.78 Å². The second-order valence-corrected chi connectivity index (χ2v) is 6.69. The predicted octanol–water partition coefficient (Wildman–Crippen LogP) is 4.50. The van der Waals surface area contributed by atoms with Gasteiger partial charge < -0.3 is 0 Å². The molecular weight excluding hydrogens is 220 g/mol. The molecule has 0 unspecified atom stereocenters. The molecule has 0 radical (unpaired) electrons. The molecule has 18 heavy (non-hydrogen) atoms. The van der Waals surface area contributed by atoms with Gasteiger partial charge in [0.05, 0.1) is 0 Å². The van der Waals surface area contributed by atoms with Gasteiger partial charge in [0.15, 0.2) is 5.78 Å². The fraction of sp³-hybridized carbons (Fsp3) is 0.588. The Morgan fingerprint density at radius 1 is 1.06 bits per heavy atom. The van der Waals surface area contributed by atoms with Crippen molar-refractivity contribution in [3.8, 4) is 0 Å². The highest BCUT2D eigenvalue weighted by Crippen LogP contribution is 2.69. The third-order valence-electron chi connectivity index (χ3n) is 5.06. The Morgan fingerprint density at radius 3 is 1.94 bits per heavy atom. The maximum Gasteiger partial charge on any atom is 0.167 e. The van der Waals surface area contributed by atoms with Gasteiger partial charge in [-0.05, 0) is 22.8 Å². The van der Waals surface area contributed by atoms with E-state index in [1.165, 1.54) is 5.56 Å². The highest BCUT2D eigenvalue weighted by Gasteiger charge is 2.67. The number of Topliss-reactive ketones (excluding diaryl/α,β-unsaturated/α-hetero) is 1. The molecule has 0 saturated heterocycles. The van der Waals surface area contributed by atoms with Crippen LogP contribution in [0.15, 0.2) is 24.3 Å². The number of carbonyl (C=O) groups is 1. The average Bonchev–Trinajstić information content (AvgIpc) is 2.70. The fourth-order valence-electron chi connectivity index (χ4n) is 3.14. The van der Waals surface area contributed by atoms with Gasteiger partial charge >= 0.3 is 0 Å². The summed E-state index contributed by atoms with van der Waals surface area (Å²) in [7, 11) is 0. The molecule has 1 aromatic rings. The average molecular weight is 244 g/mol. The van der Waals surface area contributed by atoms with Crippen molar-refractivity contribution in [1.82, 2.24) is 0 Å². The summed E-state index contributed by atoms with van der Waals surface area (Å²) in [6.45, 7) is 11.0. The van der Waals surface area contributed by atoms with E-state index in [4.69, 9.17) is 0 Å². The van der Waals surface area contributed by atoms with E-state index in [1.54, 1.807) is 0 Å². The van der Waals surface area contributed by atoms with Gasteiger partial charge in [-0.15, -0.1) is 0 Å². The van der Waals surface area contributed by atoms with Crippen molar-refractivity contribution in [1.29, 1.82) is 0 Å². The molecule has 0 spiro atoms. The van der Waals surface area contributed by atoms with Gasteiger partial charge in [-0.25, -0.2) is 0 Å². The molecule has 1 heteroatoms. The van der Waals surface area contributed by atoms with Gasteiger partial charge in [0.25, 0.3) is 0 Å². The summed E-state index contributed by atoms with van der Waals surface area (Å²) in [5.74, 6) is 0.482. The first kappa shape index (κ1) is 13.3. The van der Waals surface area contributed by atoms with Gasteiger partial charge in [-0.2, -0.15) is 0 Å². The quantitative estimate of drug-likeness (QED) is 0.712. The van der Waals surface area contributed by atoms with Crippen molar-refractivity contribution in [3.63, 3.8) is 0 Å². The van der Waals surface area contributed by atoms with E-state index in [2.05, 4.69) is 46.8 Å². The van der Waals surface area contributed by atoms with Gasteiger partial charge in [-0.1, -0.05) is 65.3 Å². The topological polar surface area (TPSA) is 17.1 Å². The smallest absolute Gasteiger partial charge is 0.167 e. The highest BCUT2D eigenvalue weighted by molar-refractivity contribution is 6.01. The Morgan fingerprint density at radius 2 is 1.56 bits per heavy atom. The molecule has 1 fully saturated rings. The SMILES string of the molecule is CCCc1ccc(C(=O)C2C(C)(C)C2(C)C)cc1. The Labute approximate surface area is 111 Å². The van der Waals surface area contributed by atoms with Gasteiger partial charge in [0, 0.05) is 11.5 Å². The maximum atomic E-state index is 12.5. The summed E-state index contributed by atoms with van der Waals surface area (Å²) < 4.78 is 0. The molecular formula is C17H24O. The zero-order chi connectivity index (χ0) is 13.6. The van der Waals surface area contributed by atoms with E-state index in [-0.39, 0.29) is 16.7 Å². The number of aryl methyl sites for hydroxylation is 1. The number of ketones is 1. The fourth-order valence-corrected chi connectivity index (χ4v) is 3.14. The van der Waals surface area contributed by atoms with Gasteiger partial charge in [0.2, 0.25) is 0 Å². The van der Waals surface area contributed by atoms with Gasteiger partial charge in [0.1, 0.15) is 0 Å². The van der Waals surface area contributed by atoms with E-state index < -0.39 is 0 Å². The van der Waals surface area contributed by atoms with Crippen molar-refractivity contribution in [2.24, 2.45) is 16.7 Å². The summed E-state index contributed by atoms with van der Waals surface area (Å²) in [6.07, 6.45) is 2.24. The van der Waals surface area contributed by atoms with Crippen LogP contribution >= 0.6 is 0 Å². The molecule has 2 rings (SSSR count). The molecule has 0 heterocycles. The summed E-state index contributed by atoms with van der Waals surface area (Å²) >= 11 is 0. The number of benzene rings is 1. The summed E-state index contributed by atoms with van der Waals surface area (Å²) in [6, 6.07) is 8.19. The van der Waals surface area contributed by atoms with Gasteiger partial charge in [-0.3, -0.25) is 4.79 Å². The Bertz CT molecular complexity index is 437. The molecule has 1 aliphatic rings. The van der Waals surface area contributed by atoms with Crippen LogP contribution in [0.25, 0.3) is 0 Å². The standard InChI is InChI=1S/C17H24O/c1-6-7-12-8-10-13(11-9-12)14(18)15-16(2,3)17(15,4)5/h8-11,15H,6-7H2,1-5H3. The molecule has 0 aliphatic heterocycles. The lowest BCUT2D eigenvalue weighted by Crippen LogP contribution is -2.07. The largest absolute Gasteiger partial charge is 0.294 e. The minimum atomic E-state index is 0.131. The van der Waals surface area contributed by atoms with Crippen LogP contribution in [-0.2, 0) is 6.42 Å². The van der Waals surface area contributed by atoms with Crippen molar-refractivity contribution in [2.45, 2.75) is 47.5 Å².